The SMILES string of the molecule is C=C(C)CSCc1[nH]c2ccccc2[nH+]1. The Morgan fingerprint density at radius 3 is 3.00 bits per heavy atom. The van der Waals surface area contributed by atoms with Crippen LogP contribution in [0.25, 0.3) is 11.0 Å². The number of para-hydroxylation sites is 2. The molecule has 0 aliphatic rings. The number of nitrogens with one attached hydrogen (secondary N) is 2. The summed E-state index contributed by atoms with van der Waals surface area (Å²) in [6, 6.07) is 8.24. The van der Waals surface area contributed by atoms with Crippen LogP contribution in [0.2, 0.25) is 0 Å². The fraction of sp³-hybridized carbons (Fsp3) is 0.250. The number of H-pyrrole nitrogens is 2. The van der Waals surface area contributed by atoms with Gasteiger partial charge in [-0.1, -0.05) is 24.3 Å². The fourth-order valence-corrected chi connectivity index (χ4v) is 2.26. The summed E-state index contributed by atoms with van der Waals surface area (Å²) >= 11 is 1.87. The van der Waals surface area contributed by atoms with E-state index in [1.807, 2.05) is 23.9 Å². The van der Waals surface area contributed by atoms with Crippen LogP contribution in [0.15, 0.2) is 36.4 Å². The Morgan fingerprint density at radius 2 is 2.27 bits per heavy atom. The summed E-state index contributed by atoms with van der Waals surface area (Å²) in [7, 11) is 0. The maximum absolute atomic E-state index is 3.89. The summed E-state index contributed by atoms with van der Waals surface area (Å²) in [5.41, 5.74) is 3.56. The van der Waals surface area contributed by atoms with Crippen molar-refractivity contribution in [3.05, 3.63) is 42.2 Å². The van der Waals surface area contributed by atoms with Crippen molar-refractivity contribution in [2.75, 3.05) is 5.75 Å². The lowest BCUT2D eigenvalue weighted by atomic mass is 10.3. The van der Waals surface area contributed by atoms with E-state index in [9.17, 15) is 0 Å². The van der Waals surface area contributed by atoms with Crippen molar-refractivity contribution < 1.29 is 4.98 Å². The second-order valence-corrected chi connectivity index (χ2v) is 4.71. The Morgan fingerprint density at radius 1 is 1.47 bits per heavy atom. The first-order valence-electron chi connectivity index (χ1n) is 4.97. The van der Waals surface area contributed by atoms with Gasteiger partial charge in [-0.3, -0.25) is 0 Å². The van der Waals surface area contributed by atoms with Gasteiger partial charge in [0.2, 0.25) is 0 Å². The van der Waals surface area contributed by atoms with Crippen LogP contribution in [0, 0.1) is 0 Å². The predicted molar refractivity (Wildman–Crippen MR) is 65.8 cm³/mol. The van der Waals surface area contributed by atoms with Crippen molar-refractivity contribution >= 4 is 22.8 Å². The lowest BCUT2D eigenvalue weighted by molar-refractivity contribution is -0.355. The highest BCUT2D eigenvalue weighted by molar-refractivity contribution is 7.98. The highest BCUT2D eigenvalue weighted by Crippen LogP contribution is 2.13. The topological polar surface area (TPSA) is 29.9 Å². The monoisotopic (exact) mass is 219 g/mol. The highest BCUT2D eigenvalue weighted by Gasteiger charge is 2.08. The van der Waals surface area contributed by atoms with Gasteiger partial charge >= 0.3 is 0 Å². The van der Waals surface area contributed by atoms with Crippen LogP contribution in [0.4, 0.5) is 0 Å². The van der Waals surface area contributed by atoms with Crippen LogP contribution >= 0.6 is 11.8 Å². The number of hydrogen-bond donors (Lipinski definition) is 1. The second-order valence-electron chi connectivity index (χ2n) is 3.72. The normalized spacial score (nSPS) is 10.7. The van der Waals surface area contributed by atoms with Crippen molar-refractivity contribution in [3.8, 4) is 0 Å². The Hall–Kier alpha value is -1.22. The minimum atomic E-state index is 0.974. The van der Waals surface area contributed by atoms with E-state index in [4.69, 9.17) is 0 Å². The third-order valence-electron chi connectivity index (χ3n) is 2.09. The Balaban J connectivity index is 2.05. The molecule has 0 saturated heterocycles. The van der Waals surface area contributed by atoms with Gasteiger partial charge in [-0.05, 0) is 19.1 Å². The van der Waals surface area contributed by atoms with E-state index >= 15 is 0 Å². The molecule has 0 radical (unpaired) electrons. The largest absolute Gasteiger partial charge is 0.263 e. The number of rotatable bonds is 4. The molecule has 0 saturated carbocycles. The van der Waals surface area contributed by atoms with Gasteiger partial charge in [-0.15, -0.1) is 11.8 Å². The van der Waals surface area contributed by atoms with Crippen LogP contribution in [0.5, 0.6) is 0 Å². The molecule has 2 nitrogen and oxygen atoms in total. The quantitative estimate of drug-likeness (QED) is 0.787. The lowest BCUT2D eigenvalue weighted by Crippen LogP contribution is -2.05. The number of aromatic nitrogens is 2. The molecule has 3 heteroatoms. The summed E-state index contributed by atoms with van der Waals surface area (Å²) < 4.78 is 0. The summed E-state index contributed by atoms with van der Waals surface area (Å²) in [4.78, 5) is 6.73. The van der Waals surface area contributed by atoms with Gasteiger partial charge in [0, 0.05) is 5.75 Å². The molecule has 78 valence electrons. The van der Waals surface area contributed by atoms with Crippen LogP contribution in [0.1, 0.15) is 12.7 Å². The standard InChI is InChI=1S/C12H14N2S/c1-9(2)7-15-8-12-13-10-5-3-4-6-11(10)14-12/h3-6H,1,7-8H2,2H3,(H,13,14)/p+1. The minimum absolute atomic E-state index is 0.974. The summed E-state index contributed by atoms with van der Waals surface area (Å²) in [6.07, 6.45) is 0. The molecular formula is C12H15N2S+. The molecule has 2 aromatic rings. The van der Waals surface area contributed by atoms with Crippen LogP contribution in [-0.4, -0.2) is 10.7 Å². The molecule has 0 spiro atoms. The molecule has 0 unspecified atom stereocenters. The molecule has 1 aromatic carbocycles. The number of imidazole rings is 1. The van der Waals surface area contributed by atoms with Crippen LogP contribution < -0.4 is 4.98 Å². The number of hydrogen-bond acceptors (Lipinski definition) is 1. The zero-order valence-electron chi connectivity index (χ0n) is 8.84. The third-order valence-corrected chi connectivity index (χ3v) is 3.28. The fourth-order valence-electron chi connectivity index (χ4n) is 1.46. The van der Waals surface area contributed by atoms with Gasteiger partial charge in [0.25, 0.3) is 5.82 Å². The maximum Gasteiger partial charge on any atom is 0.263 e. The lowest BCUT2D eigenvalue weighted by Gasteiger charge is -1.94. The predicted octanol–water partition coefficient (Wildman–Crippen LogP) is 2.79. The van der Waals surface area contributed by atoms with E-state index in [0.29, 0.717) is 0 Å². The van der Waals surface area contributed by atoms with Crippen molar-refractivity contribution in [1.82, 2.24) is 4.98 Å². The first-order chi connectivity index (χ1) is 7.25. The molecular weight excluding hydrogens is 204 g/mol. The van der Waals surface area contributed by atoms with Gasteiger partial charge in [0.1, 0.15) is 0 Å². The molecule has 0 aliphatic carbocycles. The van der Waals surface area contributed by atoms with E-state index in [-0.39, 0.29) is 0 Å². The first-order valence-corrected chi connectivity index (χ1v) is 6.12. The van der Waals surface area contributed by atoms with E-state index in [0.717, 1.165) is 11.5 Å². The molecule has 0 atom stereocenters. The zero-order chi connectivity index (χ0) is 10.7. The third kappa shape index (κ3) is 2.63. The van der Waals surface area contributed by atoms with Gasteiger partial charge < -0.3 is 0 Å². The summed E-state index contributed by atoms with van der Waals surface area (Å²) in [5, 5.41) is 0. The Kier molecular flexibility index (Phi) is 3.11. The van der Waals surface area contributed by atoms with Crippen molar-refractivity contribution in [1.29, 1.82) is 0 Å². The number of benzene rings is 1. The number of thioether (sulfide) groups is 1. The zero-order valence-corrected chi connectivity index (χ0v) is 9.66. The molecule has 0 amide bonds. The molecule has 2 N–H and O–H groups in total. The average Bonchev–Trinajstić information content (AvgIpc) is 2.59. The van der Waals surface area contributed by atoms with Gasteiger partial charge in [0.15, 0.2) is 11.0 Å². The highest BCUT2D eigenvalue weighted by atomic mass is 32.2. The molecule has 1 heterocycles. The molecule has 1 aromatic heterocycles. The molecule has 0 fully saturated rings. The smallest absolute Gasteiger partial charge is 0.240 e. The minimum Gasteiger partial charge on any atom is -0.240 e. The van der Waals surface area contributed by atoms with E-state index in [2.05, 4.69) is 35.6 Å². The summed E-state index contributed by atoms with van der Waals surface area (Å²) in [6.45, 7) is 5.95. The van der Waals surface area contributed by atoms with E-state index < -0.39 is 0 Å². The number of aromatic amines is 2. The first kappa shape index (κ1) is 10.3. The van der Waals surface area contributed by atoms with Gasteiger partial charge in [-0.2, -0.15) is 0 Å². The Bertz CT molecular complexity index is 440. The van der Waals surface area contributed by atoms with Gasteiger partial charge in [-0.25, -0.2) is 9.97 Å². The van der Waals surface area contributed by atoms with Crippen molar-refractivity contribution in [3.63, 3.8) is 0 Å². The van der Waals surface area contributed by atoms with Crippen molar-refractivity contribution in [2.45, 2.75) is 12.7 Å². The number of fused-ring (bicyclic) bond motifs is 1. The molecule has 15 heavy (non-hydrogen) atoms. The molecule has 2 rings (SSSR count). The van der Waals surface area contributed by atoms with E-state index in [1.165, 1.54) is 22.4 Å². The summed E-state index contributed by atoms with van der Waals surface area (Å²) in [5.74, 6) is 3.16. The van der Waals surface area contributed by atoms with Crippen molar-refractivity contribution in [2.24, 2.45) is 0 Å². The molecule has 0 aliphatic heterocycles. The molecule has 0 bridgehead atoms. The van der Waals surface area contributed by atoms with E-state index in [1.54, 1.807) is 0 Å². The van der Waals surface area contributed by atoms with Crippen LogP contribution in [0.3, 0.4) is 0 Å². The van der Waals surface area contributed by atoms with Gasteiger partial charge in [0.05, 0.1) is 5.75 Å². The van der Waals surface area contributed by atoms with Crippen LogP contribution in [-0.2, 0) is 5.75 Å². The Labute approximate surface area is 93.8 Å². The maximum atomic E-state index is 3.89. The average molecular weight is 219 g/mol. The second kappa shape index (κ2) is 4.53.